The zero-order chi connectivity index (χ0) is 11.6. The van der Waals surface area contributed by atoms with Gasteiger partial charge in [0.05, 0.1) is 33.0 Å². The number of hydrogen-bond donors (Lipinski definition) is 1. The number of aliphatic hydroxyl groups is 1. The Kier molecular flexibility index (Phi) is 6.81. The molecule has 0 unspecified atom stereocenters. The average molecular weight is 224 g/mol. The third kappa shape index (κ3) is 5.26. The summed E-state index contributed by atoms with van der Waals surface area (Å²) in [6, 6.07) is 8.43. The van der Waals surface area contributed by atoms with Gasteiger partial charge in [0, 0.05) is 0 Å². The van der Waals surface area contributed by atoms with Gasteiger partial charge in [-0.25, -0.2) is 0 Å². The van der Waals surface area contributed by atoms with Gasteiger partial charge in [-0.1, -0.05) is 31.2 Å². The minimum atomic E-state index is 0.0679. The second kappa shape index (κ2) is 8.28. The Morgan fingerprint density at radius 1 is 0.938 bits per heavy atom. The summed E-state index contributed by atoms with van der Waals surface area (Å²) in [5.41, 5.74) is 2.52. The van der Waals surface area contributed by atoms with Crippen LogP contribution in [0.4, 0.5) is 0 Å². The first-order chi connectivity index (χ1) is 7.86. The van der Waals surface area contributed by atoms with Crippen molar-refractivity contribution in [2.75, 3.05) is 26.4 Å². The highest BCUT2D eigenvalue weighted by molar-refractivity contribution is 5.21. The van der Waals surface area contributed by atoms with E-state index in [4.69, 9.17) is 14.6 Å². The van der Waals surface area contributed by atoms with E-state index in [1.807, 2.05) is 0 Å². The van der Waals surface area contributed by atoms with Crippen LogP contribution in [0.2, 0.25) is 0 Å². The van der Waals surface area contributed by atoms with Crippen LogP contribution in [0.5, 0.6) is 0 Å². The second-order valence-corrected chi connectivity index (χ2v) is 3.56. The number of rotatable bonds is 8. The van der Waals surface area contributed by atoms with Crippen LogP contribution in [-0.4, -0.2) is 31.5 Å². The molecule has 0 aliphatic rings. The summed E-state index contributed by atoms with van der Waals surface area (Å²) in [6.45, 7) is 4.31. The minimum Gasteiger partial charge on any atom is -0.394 e. The normalized spacial score (nSPS) is 10.6. The summed E-state index contributed by atoms with van der Waals surface area (Å²) in [5, 5.41) is 8.48. The van der Waals surface area contributed by atoms with Gasteiger partial charge in [-0.3, -0.25) is 0 Å². The zero-order valence-electron chi connectivity index (χ0n) is 9.82. The molecular weight excluding hydrogens is 204 g/mol. The first-order valence-electron chi connectivity index (χ1n) is 5.71. The van der Waals surface area contributed by atoms with E-state index in [9.17, 15) is 0 Å². The molecule has 3 nitrogen and oxygen atoms in total. The van der Waals surface area contributed by atoms with Crippen molar-refractivity contribution < 1.29 is 14.6 Å². The van der Waals surface area contributed by atoms with Crippen molar-refractivity contribution in [1.82, 2.24) is 0 Å². The maximum Gasteiger partial charge on any atom is 0.0718 e. The minimum absolute atomic E-state index is 0.0679. The van der Waals surface area contributed by atoms with E-state index >= 15 is 0 Å². The molecule has 0 heterocycles. The fourth-order valence-corrected chi connectivity index (χ4v) is 1.35. The molecule has 1 aromatic rings. The molecule has 0 aromatic heterocycles. The average Bonchev–Trinajstić information content (AvgIpc) is 2.34. The highest BCUT2D eigenvalue weighted by Crippen LogP contribution is 2.06. The lowest BCUT2D eigenvalue weighted by Gasteiger charge is -2.05. The van der Waals surface area contributed by atoms with E-state index in [0.717, 1.165) is 6.42 Å². The molecule has 0 aliphatic carbocycles. The smallest absolute Gasteiger partial charge is 0.0718 e. The summed E-state index contributed by atoms with van der Waals surface area (Å²) < 4.78 is 10.5. The van der Waals surface area contributed by atoms with Gasteiger partial charge < -0.3 is 14.6 Å². The number of benzene rings is 1. The predicted molar refractivity (Wildman–Crippen MR) is 63.4 cm³/mol. The Bertz CT molecular complexity index is 269. The van der Waals surface area contributed by atoms with Crippen LogP contribution in [0.25, 0.3) is 0 Å². The third-order valence-electron chi connectivity index (χ3n) is 2.31. The van der Waals surface area contributed by atoms with Crippen LogP contribution in [0.1, 0.15) is 18.1 Å². The summed E-state index contributed by atoms with van der Waals surface area (Å²) in [7, 11) is 0. The topological polar surface area (TPSA) is 38.7 Å². The lowest BCUT2D eigenvalue weighted by Crippen LogP contribution is -2.07. The SMILES string of the molecule is CCc1ccc(COCCOCCO)cc1. The molecule has 3 heteroatoms. The Morgan fingerprint density at radius 2 is 1.56 bits per heavy atom. The van der Waals surface area contributed by atoms with Gasteiger partial charge in [-0.05, 0) is 17.5 Å². The molecule has 0 amide bonds. The van der Waals surface area contributed by atoms with E-state index in [0.29, 0.717) is 26.4 Å². The molecule has 90 valence electrons. The number of aliphatic hydroxyl groups excluding tert-OH is 1. The van der Waals surface area contributed by atoms with Gasteiger partial charge in [0.15, 0.2) is 0 Å². The molecule has 0 atom stereocenters. The fraction of sp³-hybridized carbons (Fsp3) is 0.538. The van der Waals surface area contributed by atoms with Crippen LogP contribution in [0.15, 0.2) is 24.3 Å². The highest BCUT2D eigenvalue weighted by atomic mass is 16.5. The van der Waals surface area contributed by atoms with Gasteiger partial charge in [0.2, 0.25) is 0 Å². The largest absolute Gasteiger partial charge is 0.394 e. The van der Waals surface area contributed by atoms with Crippen molar-refractivity contribution in [3.05, 3.63) is 35.4 Å². The van der Waals surface area contributed by atoms with Crippen molar-refractivity contribution in [2.24, 2.45) is 0 Å². The zero-order valence-corrected chi connectivity index (χ0v) is 9.82. The predicted octanol–water partition coefficient (Wildman–Crippen LogP) is 1.77. The molecule has 0 bridgehead atoms. The molecule has 1 aromatic carbocycles. The molecule has 0 spiro atoms. The lowest BCUT2D eigenvalue weighted by molar-refractivity contribution is 0.0274. The van der Waals surface area contributed by atoms with Gasteiger partial charge in [0.25, 0.3) is 0 Å². The Hall–Kier alpha value is -0.900. The van der Waals surface area contributed by atoms with E-state index < -0.39 is 0 Å². The van der Waals surface area contributed by atoms with Gasteiger partial charge in [0.1, 0.15) is 0 Å². The monoisotopic (exact) mass is 224 g/mol. The van der Waals surface area contributed by atoms with Crippen molar-refractivity contribution in [2.45, 2.75) is 20.0 Å². The van der Waals surface area contributed by atoms with E-state index in [-0.39, 0.29) is 6.61 Å². The Balaban J connectivity index is 2.12. The standard InChI is InChI=1S/C13H20O3/c1-2-12-3-5-13(6-4-12)11-16-10-9-15-8-7-14/h3-6,14H,2,7-11H2,1H3. The van der Waals surface area contributed by atoms with Crippen molar-refractivity contribution in [1.29, 1.82) is 0 Å². The van der Waals surface area contributed by atoms with Crippen molar-refractivity contribution in [3.8, 4) is 0 Å². The molecule has 0 aliphatic heterocycles. The maximum absolute atomic E-state index is 8.48. The molecule has 16 heavy (non-hydrogen) atoms. The summed E-state index contributed by atoms with van der Waals surface area (Å²) in [6.07, 6.45) is 1.07. The van der Waals surface area contributed by atoms with E-state index in [1.165, 1.54) is 11.1 Å². The fourth-order valence-electron chi connectivity index (χ4n) is 1.35. The maximum atomic E-state index is 8.48. The van der Waals surface area contributed by atoms with Crippen molar-refractivity contribution in [3.63, 3.8) is 0 Å². The molecule has 0 saturated heterocycles. The Morgan fingerprint density at radius 3 is 2.19 bits per heavy atom. The summed E-state index contributed by atoms with van der Waals surface area (Å²) in [4.78, 5) is 0. The highest BCUT2D eigenvalue weighted by Gasteiger charge is 1.94. The van der Waals surface area contributed by atoms with Crippen LogP contribution in [0.3, 0.4) is 0 Å². The summed E-state index contributed by atoms with van der Waals surface area (Å²) in [5.74, 6) is 0. The van der Waals surface area contributed by atoms with Crippen LogP contribution in [0, 0.1) is 0 Å². The Labute approximate surface area is 97.0 Å². The number of aryl methyl sites for hydroxylation is 1. The molecule has 0 fully saturated rings. The van der Waals surface area contributed by atoms with E-state index in [1.54, 1.807) is 0 Å². The first-order valence-corrected chi connectivity index (χ1v) is 5.71. The lowest BCUT2D eigenvalue weighted by atomic mass is 10.1. The van der Waals surface area contributed by atoms with Gasteiger partial charge >= 0.3 is 0 Å². The van der Waals surface area contributed by atoms with E-state index in [2.05, 4.69) is 31.2 Å². The van der Waals surface area contributed by atoms with Crippen LogP contribution in [-0.2, 0) is 22.5 Å². The van der Waals surface area contributed by atoms with Gasteiger partial charge in [-0.2, -0.15) is 0 Å². The molecule has 1 N–H and O–H groups in total. The molecule has 0 saturated carbocycles. The number of ether oxygens (including phenoxy) is 2. The molecule has 0 radical (unpaired) electrons. The van der Waals surface area contributed by atoms with Gasteiger partial charge in [-0.15, -0.1) is 0 Å². The quantitative estimate of drug-likeness (QED) is 0.684. The van der Waals surface area contributed by atoms with Crippen molar-refractivity contribution >= 4 is 0 Å². The first kappa shape index (κ1) is 13.2. The summed E-state index contributed by atoms with van der Waals surface area (Å²) >= 11 is 0. The van der Waals surface area contributed by atoms with Crippen LogP contribution >= 0.6 is 0 Å². The number of hydrogen-bond acceptors (Lipinski definition) is 3. The third-order valence-corrected chi connectivity index (χ3v) is 2.31. The second-order valence-electron chi connectivity index (χ2n) is 3.56. The van der Waals surface area contributed by atoms with Crippen LogP contribution < -0.4 is 0 Å². The molecular formula is C13H20O3. The molecule has 1 rings (SSSR count).